The second-order valence-electron chi connectivity index (χ2n) is 7.07. The van der Waals surface area contributed by atoms with Crippen LogP contribution in [-0.2, 0) is 20.7 Å². The lowest BCUT2D eigenvalue weighted by molar-refractivity contribution is -0.152. The minimum Gasteiger partial charge on any atom is -0.451 e. The highest BCUT2D eigenvalue weighted by Crippen LogP contribution is 2.32. The zero-order valence-corrected chi connectivity index (χ0v) is 16.3. The van der Waals surface area contributed by atoms with Crippen molar-refractivity contribution in [1.29, 1.82) is 0 Å². The number of anilines is 1. The molecule has 3 rings (SSSR count). The summed E-state index contributed by atoms with van der Waals surface area (Å²) in [6.07, 6.45) is -0.160. The third-order valence-electron chi connectivity index (χ3n) is 4.77. The van der Waals surface area contributed by atoms with Crippen LogP contribution in [0.3, 0.4) is 0 Å². The van der Waals surface area contributed by atoms with Crippen LogP contribution in [0.25, 0.3) is 0 Å². The van der Waals surface area contributed by atoms with Crippen molar-refractivity contribution in [3.05, 3.63) is 65.2 Å². The third-order valence-corrected chi connectivity index (χ3v) is 4.77. The number of amides is 2. The van der Waals surface area contributed by atoms with Crippen molar-refractivity contribution in [2.75, 3.05) is 11.4 Å². The molecular formula is C22H24N2O4. The minimum atomic E-state index is -0.933. The first-order chi connectivity index (χ1) is 13.4. The summed E-state index contributed by atoms with van der Waals surface area (Å²) >= 11 is 0. The van der Waals surface area contributed by atoms with Crippen LogP contribution in [0, 0.1) is 6.92 Å². The van der Waals surface area contributed by atoms with Gasteiger partial charge in [-0.05, 0) is 51.0 Å². The number of esters is 1. The van der Waals surface area contributed by atoms with Crippen molar-refractivity contribution < 1.29 is 19.1 Å². The Kier molecular flexibility index (Phi) is 5.78. The fraction of sp³-hybridized carbons (Fsp3) is 0.318. The third kappa shape index (κ3) is 4.22. The van der Waals surface area contributed by atoms with Gasteiger partial charge in [-0.15, -0.1) is 0 Å². The van der Waals surface area contributed by atoms with E-state index in [2.05, 4.69) is 5.32 Å². The summed E-state index contributed by atoms with van der Waals surface area (Å²) in [6.45, 7) is 5.11. The van der Waals surface area contributed by atoms with E-state index in [-0.39, 0.29) is 24.4 Å². The Morgan fingerprint density at radius 1 is 1.18 bits per heavy atom. The largest absolute Gasteiger partial charge is 0.451 e. The first-order valence-corrected chi connectivity index (χ1v) is 9.32. The van der Waals surface area contributed by atoms with Gasteiger partial charge in [-0.1, -0.05) is 35.9 Å². The van der Waals surface area contributed by atoms with Crippen molar-refractivity contribution in [2.45, 2.75) is 39.3 Å². The average Bonchev–Trinajstić information content (AvgIpc) is 3.01. The van der Waals surface area contributed by atoms with Crippen LogP contribution < -0.4 is 10.2 Å². The maximum atomic E-state index is 12.8. The standard InChI is InChI=1S/C22H24N2O4/c1-14-7-6-9-18(11-14)21(26)23-13-20(25)28-16(3)22(27)24-15(2)12-17-8-4-5-10-19(17)24/h4-11,15-16H,12-13H2,1-3H3,(H,23,26)/t15-,16-/m0/s1. The van der Waals surface area contributed by atoms with Crippen LogP contribution in [0.5, 0.6) is 0 Å². The molecule has 0 saturated heterocycles. The van der Waals surface area contributed by atoms with Crippen LogP contribution in [0.15, 0.2) is 48.5 Å². The molecule has 1 aliphatic heterocycles. The van der Waals surface area contributed by atoms with E-state index in [1.165, 1.54) is 0 Å². The number of ether oxygens (including phenoxy) is 1. The molecule has 0 saturated carbocycles. The number of benzene rings is 2. The van der Waals surface area contributed by atoms with Crippen molar-refractivity contribution >= 4 is 23.5 Å². The van der Waals surface area contributed by atoms with Gasteiger partial charge in [-0.25, -0.2) is 0 Å². The summed E-state index contributed by atoms with van der Waals surface area (Å²) in [5.74, 6) is -1.28. The summed E-state index contributed by atoms with van der Waals surface area (Å²) in [6, 6.07) is 14.8. The number of hydrogen-bond acceptors (Lipinski definition) is 4. The van der Waals surface area contributed by atoms with E-state index in [1.807, 2.05) is 44.2 Å². The summed E-state index contributed by atoms with van der Waals surface area (Å²) in [5, 5.41) is 2.53. The molecule has 2 aromatic rings. The van der Waals surface area contributed by atoms with Crippen molar-refractivity contribution in [1.82, 2.24) is 5.32 Å². The highest BCUT2D eigenvalue weighted by Gasteiger charge is 2.34. The summed E-state index contributed by atoms with van der Waals surface area (Å²) in [4.78, 5) is 38.7. The Bertz CT molecular complexity index is 909. The van der Waals surface area contributed by atoms with E-state index < -0.39 is 12.1 Å². The maximum Gasteiger partial charge on any atom is 0.326 e. The molecule has 0 aromatic heterocycles. The Morgan fingerprint density at radius 2 is 1.93 bits per heavy atom. The fourth-order valence-corrected chi connectivity index (χ4v) is 3.43. The van der Waals surface area contributed by atoms with Gasteiger partial charge in [-0.3, -0.25) is 14.4 Å². The van der Waals surface area contributed by atoms with Gasteiger partial charge in [-0.2, -0.15) is 0 Å². The van der Waals surface area contributed by atoms with E-state index in [4.69, 9.17) is 4.74 Å². The Morgan fingerprint density at radius 3 is 2.68 bits per heavy atom. The van der Waals surface area contributed by atoms with Gasteiger partial charge in [0.2, 0.25) is 0 Å². The molecule has 6 nitrogen and oxygen atoms in total. The first kappa shape index (κ1) is 19.6. The number of rotatable bonds is 5. The molecule has 2 amide bonds. The molecule has 0 radical (unpaired) electrons. The van der Waals surface area contributed by atoms with Crippen LogP contribution in [-0.4, -0.2) is 36.5 Å². The predicted octanol–water partition coefficient (Wildman–Crippen LogP) is 2.63. The van der Waals surface area contributed by atoms with E-state index in [0.29, 0.717) is 5.56 Å². The van der Waals surface area contributed by atoms with Crippen molar-refractivity contribution in [3.8, 4) is 0 Å². The number of carbonyl (C=O) groups is 3. The number of fused-ring (bicyclic) bond motifs is 1. The summed E-state index contributed by atoms with van der Waals surface area (Å²) in [7, 11) is 0. The number of nitrogens with zero attached hydrogens (tertiary/aromatic N) is 1. The quantitative estimate of drug-likeness (QED) is 0.809. The predicted molar refractivity (Wildman–Crippen MR) is 106 cm³/mol. The molecule has 6 heteroatoms. The Labute approximate surface area is 164 Å². The van der Waals surface area contributed by atoms with Gasteiger partial charge < -0.3 is 15.0 Å². The van der Waals surface area contributed by atoms with Crippen LogP contribution in [0.1, 0.15) is 35.3 Å². The summed E-state index contributed by atoms with van der Waals surface area (Å²) < 4.78 is 5.25. The van der Waals surface area contributed by atoms with Crippen molar-refractivity contribution in [2.24, 2.45) is 0 Å². The van der Waals surface area contributed by atoms with E-state index >= 15 is 0 Å². The van der Waals surface area contributed by atoms with E-state index in [9.17, 15) is 14.4 Å². The van der Waals surface area contributed by atoms with Crippen LogP contribution in [0.2, 0.25) is 0 Å². The molecule has 1 heterocycles. The lowest BCUT2D eigenvalue weighted by Crippen LogP contribution is -2.44. The van der Waals surface area contributed by atoms with Gasteiger partial charge in [0.15, 0.2) is 6.10 Å². The van der Waals surface area contributed by atoms with Gasteiger partial charge in [0, 0.05) is 17.3 Å². The molecule has 0 spiro atoms. The topological polar surface area (TPSA) is 75.7 Å². The number of nitrogens with one attached hydrogen (secondary N) is 1. The molecule has 28 heavy (non-hydrogen) atoms. The molecule has 0 aliphatic carbocycles. The number of para-hydroxylation sites is 1. The van der Waals surface area contributed by atoms with E-state index in [1.54, 1.807) is 30.0 Å². The molecule has 0 fully saturated rings. The summed E-state index contributed by atoms with van der Waals surface area (Å²) in [5.41, 5.74) is 3.39. The molecule has 0 bridgehead atoms. The van der Waals surface area contributed by atoms with Gasteiger partial charge in [0.1, 0.15) is 6.54 Å². The molecular weight excluding hydrogens is 356 g/mol. The van der Waals surface area contributed by atoms with Crippen molar-refractivity contribution in [3.63, 3.8) is 0 Å². The maximum absolute atomic E-state index is 12.8. The fourth-order valence-electron chi connectivity index (χ4n) is 3.43. The Hall–Kier alpha value is -3.15. The highest BCUT2D eigenvalue weighted by atomic mass is 16.5. The molecule has 2 atom stereocenters. The molecule has 1 N–H and O–H groups in total. The zero-order valence-electron chi connectivity index (χ0n) is 16.3. The minimum absolute atomic E-state index is 0.00655. The lowest BCUT2D eigenvalue weighted by atomic mass is 10.1. The monoisotopic (exact) mass is 380 g/mol. The second-order valence-corrected chi connectivity index (χ2v) is 7.07. The highest BCUT2D eigenvalue weighted by molar-refractivity contribution is 6.00. The first-order valence-electron chi connectivity index (χ1n) is 9.32. The molecule has 146 valence electrons. The normalized spacial score (nSPS) is 16.2. The van der Waals surface area contributed by atoms with Crippen LogP contribution in [0.4, 0.5) is 5.69 Å². The smallest absolute Gasteiger partial charge is 0.326 e. The number of carbonyl (C=O) groups excluding carboxylic acids is 3. The number of aryl methyl sites for hydroxylation is 1. The van der Waals surface area contributed by atoms with Crippen LogP contribution >= 0.6 is 0 Å². The zero-order chi connectivity index (χ0) is 20.3. The molecule has 0 unspecified atom stereocenters. The SMILES string of the molecule is Cc1cccc(C(=O)NCC(=O)O[C@@H](C)C(=O)N2c3ccccc3C[C@@H]2C)c1. The Balaban J connectivity index is 1.55. The van der Waals surface area contributed by atoms with Gasteiger partial charge in [0.05, 0.1) is 0 Å². The van der Waals surface area contributed by atoms with Gasteiger partial charge in [0.25, 0.3) is 11.8 Å². The molecule has 2 aromatic carbocycles. The lowest BCUT2D eigenvalue weighted by Gasteiger charge is -2.26. The van der Waals surface area contributed by atoms with E-state index in [0.717, 1.165) is 23.2 Å². The number of hydrogen-bond donors (Lipinski definition) is 1. The molecule has 1 aliphatic rings. The van der Waals surface area contributed by atoms with Gasteiger partial charge >= 0.3 is 5.97 Å². The average molecular weight is 380 g/mol. The second kappa shape index (κ2) is 8.25.